The van der Waals surface area contributed by atoms with Gasteiger partial charge in [-0.25, -0.2) is 18.2 Å². The average Bonchev–Trinajstić information content (AvgIpc) is 3.33. The van der Waals surface area contributed by atoms with Gasteiger partial charge in [0, 0.05) is 51.0 Å². The number of nitrogens with zero attached hydrogens (tertiary/aromatic N) is 5. The highest BCUT2D eigenvalue weighted by Gasteiger charge is 2.23. The second-order valence-corrected chi connectivity index (χ2v) is 10.0. The van der Waals surface area contributed by atoms with Crippen LogP contribution in [0.1, 0.15) is 16.8 Å². The van der Waals surface area contributed by atoms with Gasteiger partial charge in [-0.1, -0.05) is 0 Å². The Morgan fingerprint density at radius 3 is 2.35 bits per heavy atom. The Labute approximate surface area is 197 Å². The Kier molecular flexibility index (Phi) is 6.12. The van der Waals surface area contributed by atoms with Crippen LogP contribution in [0.4, 0.5) is 10.6 Å². The molecule has 2 amide bonds. The fourth-order valence-electron chi connectivity index (χ4n) is 3.96. The van der Waals surface area contributed by atoms with Crippen molar-refractivity contribution in [1.29, 1.82) is 0 Å². The Morgan fingerprint density at radius 1 is 0.941 bits per heavy atom. The van der Waals surface area contributed by atoms with Gasteiger partial charge in [-0.15, -0.1) is 0 Å². The lowest BCUT2D eigenvalue weighted by molar-refractivity contribution is 0.122. The second kappa shape index (κ2) is 9.35. The van der Waals surface area contributed by atoms with Crippen LogP contribution < -0.4 is 10.2 Å². The summed E-state index contributed by atoms with van der Waals surface area (Å²) in [4.78, 5) is 29.1. The summed E-state index contributed by atoms with van der Waals surface area (Å²) in [6, 6.07) is 8.07. The number of carbonyl (C=O) groups is 1. The van der Waals surface area contributed by atoms with Crippen LogP contribution in [0.3, 0.4) is 0 Å². The lowest BCUT2D eigenvalue weighted by Crippen LogP contribution is -2.36. The van der Waals surface area contributed by atoms with Gasteiger partial charge in [-0.2, -0.15) is 0 Å². The number of hydrogen-bond donors (Lipinski definition) is 1. The molecule has 2 aliphatic rings. The Morgan fingerprint density at radius 2 is 1.68 bits per heavy atom. The third-order valence-corrected chi connectivity index (χ3v) is 7.63. The predicted octanol–water partition coefficient (Wildman–Crippen LogP) is 1.77. The van der Waals surface area contributed by atoms with Gasteiger partial charge < -0.3 is 19.9 Å². The van der Waals surface area contributed by atoms with Gasteiger partial charge in [-0.3, -0.25) is 9.97 Å². The highest BCUT2D eigenvalue weighted by Crippen LogP contribution is 2.23. The lowest BCUT2D eigenvalue weighted by atomic mass is 10.2. The van der Waals surface area contributed by atoms with E-state index in [9.17, 15) is 13.2 Å². The number of sulfone groups is 1. The minimum absolute atomic E-state index is 0.0750. The topological polar surface area (TPSA) is 118 Å². The molecule has 5 rings (SSSR count). The van der Waals surface area contributed by atoms with Crippen LogP contribution in [0.15, 0.2) is 64.9 Å². The lowest BCUT2D eigenvalue weighted by Gasteiger charge is -2.27. The first-order valence-corrected chi connectivity index (χ1v) is 12.4. The molecular weight excluding hydrogens is 456 g/mol. The normalized spacial score (nSPS) is 15.8. The summed E-state index contributed by atoms with van der Waals surface area (Å²) in [7, 11) is -3.75. The maximum absolute atomic E-state index is 13.0. The van der Waals surface area contributed by atoms with Crippen LogP contribution >= 0.6 is 0 Å². The highest BCUT2D eigenvalue weighted by molar-refractivity contribution is 7.91. The molecule has 0 bridgehead atoms. The molecule has 3 aromatic rings. The molecule has 3 aromatic heterocycles. The third-order valence-electron chi connectivity index (χ3n) is 5.91. The van der Waals surface area contributed by atoms with E-state index in [0.717, 1.165) is 30.0 Å². The molecule has 2 aliphatic heterocycles. The SMILES string of the molecule is O=C(NCc1ccc(S(=O)(=O)c2ccc(N3CCOCC3)nc2)cn1)N1Cc2ccncc2C1. The molecule has 5 heterocycles. The first-order valence-electron chi connectivity index (χ1n) is 10.9. The molecule has 10 nitrogen and oxygen atoms in total. The molecular formula is C23H24N6O4S. The first kappa shape index (κ1) is 22.2. The molecule has 34 heavy (non-hydrogen) atoms. The maximum Gasteiger partial charge on any atom is 0.318 e. The zero-order valence-electron chi connectivity index (χ0n) is 18.4. The van der Waals surface area contributed by atoms with Crippen LogP contribution in [0, 0.1) is 0 Å². The Hall–Kier alpha value is -3.57. The van der Waals surface area contributed by atoms with Gasteiger partial charge in [0.15, 0.2) is 0 Å². The number of carbonyl (C=O) groups excluding carboxylic acids is 1. The van der Waals surface area contributed by atoms with Crippen molar-refractivity contribution in [3.8, 4) is 0 Å². The number of hydrogen-bond acceptors (Lipinski definition) is 8. The third kappa shape index (κ3) is 4.57. The number of amides is 2. The molecule has 0 aromatic carbocycles. The molecule has 176 valence electrons. The summed E-state index contributed by atoms with van der Waals surface area (Å²) in [6.45, 7) is 3.95. The smallest absolute Gasteiger partial charge is 0.318 e. The predicted molar refractivity (Wildman–Crippen MR) is 123 cm³/mol. The molecule has 1 N–H and O–H groups in total. The van der Waals surface area contributed by atoms with Crippen LogP contribution in [0.2, 0.25) is 0 Å². The fourth-order valence-corrected chi connectivity index (χ4v) is 5.11. The quantitative estimate of drug-likeness (QED) is 0.587. The summed E-state index contributed by atoms with van der Waals surface area (Å²) in [6.07, 6.45) is 6.17. The van der Waals surface area contributed by atoms with Gasteiger partial charge >= 0.3 is 6.03 Å². The minimum Gasteiger partial charge on any atom is -0.378 e. The van der Waals surface area contributed by atoms with Crippen molar-refractivity contribution < 1.29 is 17.9 Å². The van der Waals surface area contributed by atoms with E-state index < -0.39 is 9.84 Å². The van der Waals surface area contributed by atoms with Crippen molar-refractivity contribution in [2.45, 2.75) is 29.4 Å². The van der Waals surface area contributed by atoms with E-state index in [0.29, 0.717) is 32.0 Å². The number of anilines is 1. The molecule has 1 saturated heterocycles. The number of fused-ring (bicyclic) bond motifs is 1. The molecule has 1 fully saturated rings. The van der Waals surface area contributed by atoms with Crippen molar-refractivity contribution in [3.63, 3.8) is 0 Å². The van der Waals surface area contributed by atoms with Gasteiger partial charge in [0.1, 0.15) is 5.82 Å². The molecule has 0 atom stereocenters. The van der Waals surface area contributed by atoms with E-state index in [2.05, 4.69) is 25.2 Å². The van der Waals surface area contributed by atoms with E-state index >= 15 is 0 Å². The number of rotatable bonds is 5. The standard InChI is InChI=1S/C23H24N6O4S/c30-23(29-15-17-5-6-24-11-18(17)16-29)27-12-19-1-2-20(13-25-19)34(31,32)21-3-4-22(26-14-21)28-7-9-33-10-8-28/h1-6,11,13-14H,7-10,12,15-16H2,(H,27,30). The number of nitrogens with one attached hydrogen (secondary N) is 1. The van der Waals surface area contributed by atoms with Crippen LogP contribution in [-0.2, 0) is 34.2 Å². The zero-order valence-corrected chi connectivity index (χ0v) is 19.2. The molecule has 0 aliphatic carbocycles. The summed E-state index contributed by atoms with van der Waals surface area (Å²) in [5.74, 6) is 0.726. The first-order chi connectivity index (χ1) is 16.5. The summed E-state index contributed by atoms with van der Waals surface area (Å²) < 4.78 is 31.3. The highest BCUT2D eigenvalue weighted by atomic mass is 32.2. The van der Waals surface area contributed by atoms with E-state index in [4.69, 9.17) is 4.74 Å². The van der Waals surface area contributed by atoms with E-state index in [1.807, 2.05) is 6.07 Å². The monoisotopic (exact) mass is 480 g/mol. The van der Waals surface area contributed by atoms with Crippen LogP contribution in [-0.4, -0.2) is 60.6 Å². The molecule has 0 spiro atoms. The molecule has 0 unspecified atom stereocenters. The van der Waals surface area contributed by atoms with Gasteiger partial charge in [0.25, 0.3) is 0 Å². The summed E-state index contributed by atoms with van der Waals surface area (Å²) in [5.41, 5.74) is 2.69. The summed E-state index contributed by atoms with van der Waals surface area (Å²) >= 11 is 0. The summed E-state index contributed by atoms with van der Waals surface area (Å²) in [5, 5.41) is 2.83. The average molecular weight is 481 g/mol. The molecule has 0 saturated carbocycles. The van der Waals surface area contributed by atoms with E-state index in [1.54, 1.807) is 35.5 Å². The van der Waals surface area contributed by atoms with Gasteiger partial charge in [-0.05, 0) is 41.5 Å². The van der Waals surface area contributed by atoms with Crippen molar-refractivity contribution >= 4 is 21.7 Å². The molecule has 0 radical (unpaired) electrons. The number of urea groups is 1. The number of pyridine rings is 3. The largest absolute Gasteiger partial charge is 0.378 e. The van der Waals surface area contributed by atoms with Crippen molar-refractivity contribution in [2.75, 3.05) is 31.2 Å². The number of morpholine rings is 1. The maximum atomic E-state index is 13.0. The molecule has 11 heteroatoms. The second-order valence-electron chi connectivity index (χ2n) is 8.10. The van der Waals surface area contributed by atoms with Crippen LogP contribution in [0.25, 0.3) is 0 Å². The number of aromatic nitrogens is 3. The van der Waals surface area contributed by atoms with Gasteiger partial charge in [0.2, 0.25) is 9.84 Å². The van der Waals surface area contributed by atoms with Crippen molar-refractivity contribution in [1.82, 2.24) is 25.2 Å². The minimum atomic E-state index is -3.75. The van der Waals surface area contributed by atoms with Gasteiger partial charge in [0.05, 0.1) is 35.2 Å². The zero-order chi connectivity index (χ0) is 23.5. The van der Waals surface area contributed by atoms with E-state index in [-0.39, 0.29) is 22.4 Å². The van der Waals surface area contributed by atoms with Crippen LogP contribution in [0.5, 0.6) is 0 Å². The van der Waals surface area contributed by atoms with Crippen molar-refractivity contribution in [3.05, 3.63) is 71.9 Å². The van der Waals surface area contributed by atoms with E-state index in [1.165, 1.54) is 18.5 Å². The number of ether oxygens (including phenoxy) is 1. The Bertz CT molecular complexity index is 1250. The fraction of sp³-hybridized carbons (Fsp3) is 0.304. The van der Waals surface area contributed by atoms with Crippen molar-refractivity contribution in [2.24, 2.45) is 0 Å². The Balaban J connectivity index is 1.20.